The molecular formula is C4H6NO2. The van der Waals surface area contributed by atoms with Crippen molar-refractivity contribution in [3.63, 3.8) is 0 Å². The first-order chi connectivity index (χ1) is 3.29. The fourth-order valence-corrected chi connectivity index (χ4v) is 0.538. The average molecular weight is 100 g/mol. The summed E-state index contributed by atoms with van der Waals surface area (Å²) in [6.07, 6.45) is -0.271. The molecule has 1 radical (unpaired) electrons. The number of carbonyl (C=O) groups excluding carboxylic acids is 1. The maximum atomic E-state index is 10.1. The minimum Gasteiger partial charge on any atom is -0.391 e. The van der Waals surface area contributed by atoms with Crippen molar-refractivity contribution >= 4 is 5.91 Å². The predicted molar refractivity (Wildman–Crippen MR) is 22.6 cm³/mol. The van der Waals surface area contributed by atoms with E-state index in [2.05, 4.69) is 5.32 Å². The van der Waals surface area contributed by atoms with Gasteiger partial charge in [0.2, 0.25) is 5.91 Å². The van der Waals surface area contributed by atoms with Crippen LogP contribution in [0.1, 0.15) is 6.42 Å². The van der Waals surface area contributed by atoms with Crippen molar-refractivity contribution in [2.75, 3.05) is 6.54 Å². The first kappa shape index (κ1) is 4.59. The molecule has 1 rings (SSSR count). The molecule has 0 aromatic carbocycles. The summed E-state index contributed by atoms with van der Waals surface area (Å²) in [6, 6.07) is 0. The van der Waals surface area contributed by atoms with Crippen molar-refractivity contribution in [1.82, 2.24) is 5.32 Å². The fourth-order valence-electron chi connectivity index (χ4n) is 0.538. The normalized spacial score (nSPS) is 30.4. The summed E-state index contributed by atoms with van der Waals surface area (Å²) in [5.41, 5.74) is 0. The highest BCUT2D eigenvalue weighted by Gasteiger charge is 2.19. The largest absolute Gasteiger partial charge is 0.391 e. The van der Waals surface area contributed by atoms with Crippen molar-refractivity contribution in [2.45, 2.75) is 12.5 Å². The van der Waals surface area contributed by atoms with Crippen molar-refractivity contribution < 1.29 is 9.90 Å². The predicted octanol–water partition coefficient (Wildman–Crippen LogP) is -1.12. The fraction of sp³-hybridized carbons (Fsp3) is 0.750. The molecule has 39 valence electrons. The standard InChI is InChI=1S/C4H6NO2/c6-3-1-4(7)5-2-3/h3,6H,1-2H2. The van der Waals surface area contributed by atoms with Crippen LogP contribution in [0.4, 0.5) is 0 Å². The Morgan fingerprint density at radius 3 is 2.71 bits per heavy atom. The van der Waals surface area contributed by atoms with E-state index >= 15 is 0 Å². The third-order valence-electron chi connectivity index (χ3n) is 0.889. The molecule has 0 aromatic heterocycles. The molecule has 1 fully saturated rings. The van der Waals surface area contributed by atoms with Gasteiger partial charge in [0.25, 0.3) is 0 Å². The third kappa shape index (κ3) is 0.899. The highest BCUT2D eigenvalue weighted by molar-refractivity contribution is 5.78. The van der Waals surface area contributed by atoms with E-state index in [1.807, 2.05) is 0 Å². The van der Waals surface area contributed by atoms with Gasteiger partial charge in [-0.15, -0.1) is 0 Å². The number of hydrogen-bond donors (Lipinski definition) is 1. The van der Waals surface area contributed by atoms with E-state index in [-0.39, 0.29) is 12.3 Å². The second-order valence-electron chi connectivity index (χ2n) is 1.59. The van der Waals surface area contributed by atoms with E-state index in [1.54, 1.807) is 0 Å². The molecule has 1 aliphatic rings. The van der Waals surface area contributed by atoms with E-state index in [1.165, 1.54) is 0 Å². The lowest BCUT2D eigenvalue weighted by atomic mass is 10.3. The van der Waals surface area contributed by atoms with Gasteiger partial charge in [-0.2, -0.15) is 0 Å². The number of aliphatic hydroxyl groups excluding tert-OH is 1. The van der Waals surface area contributed by atoms with Gasteiger partial charge in [-0.1, -0.05) is 0 Å². The summed E-state index contributed by atoms with van der Waals surface area (Å²) in [4.78, 5) is 10.1. The highest BCUT2D eigenvalue weighted by atomic mass is 16.3. The van der Waals surface area contributed by atoms with E-state index in [0.29, 0.717) is 6.54 Å². The summed E-state index contributed by atoms with van der Waals surface area (Å²) < 4.78 is 0. The van der Waals surface area contributed by atoms with Gasteiger partial charge in [-0.05, 0) is 0 Å². The Hall–Kier alpha value is -0.570. The van der Waals surface area contributed by atoms with Gasteiger partial charge in [-0.25, -0.2) is 5.32 Å². The van der Waals surface area contributed by atoms with Gasteiger partial charge in [0.1, 0.15) is 0 Å². The number of nitrogens with zero attached hydrogens (tertiary/aromatic N) is 1. The summed E-state index contributed by atoms with van der Waals surface area (Å²) in [5, 5.41) is 12.0. The third-order valence-corrected chi connectivity index (χ3v) is 0.889. The van der Waals surface area contributed by atoms with Crippen LogP contribution in [-0.4, -0.2) is 23.7 Å². The smallest absolute Gasteiger partial charge is 0.243 e. The van der Waals surface area contributed by atoms with Gasteiger partial charge < -0.3 is 5.11 Å². The Bertz CT molecular complexity index is 91.7. The molecule has 0 aromatic rings. The highest BCUT2D eigenvalue weighted by Crippen LogP contribution is 1.98. The van der Waals surface area contributed by atoms with E-state index in [4.69, 9.17) is 5.11 Å². The van der Waals surface area contributed by atoms with Crippen LogP contribution < -0.4 is 5.32 Å². The number of hydrogen-bond acceptors (Lipinski definition) is 2. The summed E-state index contributed by atoms with van der Waals surface area (Å²) in [6.45, 7) is 0.304. The zero-order chi connectivity index (χ0) is 5.28. The molecule has 0 bridgehead atoms. The Balaban J connectivity index is 2.40. The molecule has 1 unspecified atom stereocenters. The molecule has 7 heavy (non-hydrogen) atoms. The molecule has 1 amide bonds. The number of amides is 1. The van der Waals surface area contributed by atoms with Crippen LogP contribution in [0.3, 0.4) is 0 Å². The summed E-state index contributed by atoms with van der Waals surface area (Å²) in [5.74, 6) is -0.174. The van der Waals surface area contributed by atoms with Gasteiger partial charge >= 0.3 is 0 Å². The SMILES string of the molecule is O=C1CC(O)C[N]1. The minimum atomic E-state index is -0.493. The molecule has 3 nitrogen and oxygen atoms in total. The van der Waals surface area contributed by atoms with Gasteiger partial charge in [0, 0.05) is 0 Å². The lowest BCUT2D eigenvalue weighted by Crippen LogP contribution is -2.06. The van der Waals surface area contributed by atoms with Crippen LogP contribution in [0.5, 0.6) is 0 Å². The molecule has 1 aliphatic heterocycles. The van der Waals surface area contributed by atoms with E-state index < -0.39 is 6.10 Å². The summed E-state index contributed by atoms with van der Waals surface area (Å²) in [7, 11) is 0. The van der Waals surface area contributed by atoms with Crippen LogP contribution in [0.15, 0.2) is 0 Å². The Labute approximate surface area is 41.3 Å². The molecule has 1 N–H and O–H groups in total. The molecular weight excluding hydrogens is 94.0 g/mol. The van der Waals surface area contributed by atoms with Gasteiger partial charge in [0.15, 0.2) is 0 Å². The topological polar surface area (TPSA) is 51.4 Å². The first-order valence-electron chi connectivity index (χ1n) is 2.17. The number of carbonyl (C=O) groups is 1. The van der Waals surface area contributed by atoms with Crippen LogP contribution >= 0.6 is 0 Å². The van der Waals surface area contributed by atoms with E-state index in [0.717, 1.165) is 0 Å². The lowest BCUT2D eigenvalue weighted by molar-refractivity contribution is -0.119. The minimum absolute atomic E-state index is 0.174. The molecule has 3 heteroatoms. The molecule has 0 spiro atoms. The first-order valence-corrected chi connectivity index (χ1v) is 2.17. The molecule has 0 saturated carbocycles. The molecule has 1 atom stereocenters. The van der Waals surface area contributed by atoms with Crippen LogP contribution in [0.2, 0.25) is 0 Å². The number of rotatable bonds is 0. The zero-order valence-corrected chi connectivity index (χ0v) is 3.79. The second-order valence-corrected chi connectivity index (χ2v) is 1.59. The van der Waals surface area contributed by atoms with Crippen LogP contribution in [0.25, 0.3) is 0 Å². The average Bonchev–Trinajstić information content (AvgIpc) is 1.87. The maximum Gasteiger partial charge on any atom is 0.243 e. The van der Waals surface area contributed by atoms with Gasteiger partial charge in [-0.3, -0.25) is 4.79 Å². The zero-order valence-electron chi connectivity index (χ0n) is 3.79. The Morgan fingerprint density at radius 1 is 1.86 bits per heavy atom. The monoisotopic (exact) mass is 100 g/mol. The van der Waals surface area contributed by atoms with Crippen molar-refractivity contribution in [1.29, 1.82) is 0 Å². The quantitative estimate of drug-likeness (QED) is 0.419. The summed E-state index contributed by atoms with van der Waals surface area (Å²) >= 11 is 0. The van der Waals surface area contributed by atoms with Crippen LogP contribution in [0, 0.1) is 0 Å². The number of aliphatic hydroxyl groups is 1. The Kier molecular flexibility index (Phi) is 0.982. The van der Waals surface area contributed by atoms with Crippen molar-refractivity contribution in [3.05, 3.63) is 0 Å². The maximum absolute atomic E-state index is 10.1. The lowest BCUT2D eigenvalue weighted by Gasteiger charge is -1.87. The molecule has 1 heterocycles. The van der Waals surface area contributed by atoms with Crippen LogP contribution in [-0.2, 0) is 4.79 Å². The van der Waals surface area contributed by atoms with Crippen molar-refractivity contribution in [3.8, 4) is 0 Å². The van der Waals surface area contributed by atoms with Gasteiger partial charge in [0.05, 0.1) is 19.1 Å². The van der Waals surface area contributed by atoms with Crippen molar-refractivity contribution in [2.24, 2.45) is 0 Å². The molecule has 1 saturated heterocycles. The Morgan fingerprint density at radius 2 is 2.57 bits per heavy atom. The molecule has 0 aliphatic carbocycles. The van der Waals surface area contributed by atoms with E-state index in [9.17, 15) is 4.79 Å². The second kappa shape index (κ2) is 1.50.